The molecule has 0 radical (unpaired) electrons. The molecule has 0 spiro atoms. The second kappa shape index (κ2) is 5.74. The Kier molecular flexibility index (Phi) is 3.65. The van der Waals surface area contributed by atoms with E-state index in [2.05, 4.69) is 25.0 Å². The summed E-state index contributed by atoms with van der Waals surface area (Å²) in [4.78, 5) is 15.8. The van der Waals surface area contributed by atoms with Gasteiger partial charge in [0.05, 0.1) is 18.4 Å². The Bertz CT molecular complexity index is 923. The molecule has 4 atom stereocenters. The van der Waals surface area contributed by atoms with Crippen molar-refractivity contribution in [2.45, 2.75) is 24.4 Å². The Morgan fingerprint density at radius 1 is 1.28 bits per heavy atom. The van der Waals surface area contributed by atoms with Crippen LogP contribution in [0.3, 0.4) is 0 Å². The molecular weight excluding hydrogens is 330 g/mol. The van der Waals surface area contributed by atoms with Crippen LogP contribution in [-0.4, -0.2) is 70.0 Å². The van der Waals surface area contributed by atoms with Gasteiger partial charge in [0.1, 0.15) is 35.8 Å². The standard InChI is InChI=1S/C14H17N7O4/c1-21-3-5(2-16-21)12-18-11(15)7-13(19-12)20-14(17-7)10-9(24)8(23)6(4-22)25-10/h2-3,6,8-10,22-24H,4H2,1H3,(H3,15,17,18,19,20)/t6-,8-,9-,10+/m1/s1. The zero-order valence-corrected chi connectivity index (χ0v) is 13.2. The van der Waals surface area contributed by atoms with E-state index in [9.17, 15) is 15.3 Å². The quantitative estimate of drug-likeness (QED) is 0.378. The Balaban J connectivity index is 1.74. The third-order valence-electron chi connectivity index (χ3n) is 4.17. The number of H-pyrrole nitrogens is 1. The van der Waals surface area contributed by atoms with Crippen LogP contribution in [0.25, 0.3) is 22.6 Å². The molecule has 4 rings (SSSR count). The maximum absolute atomic E-state index is 10.1. The number of aromatic amines is 1. The van der Waals surface area contributed by atoms with Gasteiger partial charge in [-0.05, 0) is 0 Å². The van der Waals surface area contributed by atoms with Gasteiger partial charge >= 0.3 is 0 Å². The molecule has 0 unspecified atom stereocenters. The first-order valence-corrected chi connectivity index (χ1v) is 7.62. The first-order valence-electron chi connectivity index (χ1n) is 7.62. The topological polar surface area (TPSA) is 168 Å². The zero-order chi connectivity index (χ0) is 17.7. The van der Waals surface area contributed by atoms with E-state index in [0.29, 0.717) is 22.6 Å². The van der Waals surface area contributed by atoms with Gasteiger partial charge in [0.25, 0.3) is 0 Å². The van der Waals surface area contributed by atoms with E-state index in [-0.39, 0.29) is 11.6 Å². The first-order chi connectivity index (χ1) is 12.0. The van der Waals surface area contributed by atoms with E-state index < -0.39 is 31.0 Å². The van der Waals surface area contributed by atoms with Gasteiger partial charge in [-0.2, -0.15) is 5.10 Å². The number of nitrogen functional groups attached to an aromatic ring is 1. The van der Waals surface area contributed by atoms with Gasteiger partial charge in [0, 0.05) is 13.2 Å². The van der Waals surface area contributed by atoms with Gasteiger partial charge in [-0.1, -0.05) is 0 Å². The molecule has 3 aromatic heterocycles. The fourth-order valence-corrected chi connectivity index (χ4v) is 2.86. The van der Waals surface area contributed by atoms with E-state index in [1.807, 2.05) is 0 Å². The van der Waals surface area contributed by atoms with Crippen LogP contribution in [0.1, 0.15) is 11.9 Å². The predicted octanol–water partition coefficient (Wildman–Crippen LogP) is -1.51. The number of nitrogens with zero attached hydrogens (tertiary/aromatic N) is 5. The molecule has 11 heteroatoms. The number of imidazole rings is 1. The Morgan fingerprint density at radius 3 is 2.72 bits per heavy atom. The number of fused-ring (bicyclic) bond motifs is 1. The highest BCUT2D eigenvalue weighted by Crippen LogP contribution is 2.33. The van der Waals surface area contributed by atoms with Crippen molar-refractivity contribution < 1.29 is 20.1 Å². The summed E-state index contributed by atoms with van der Waals surface area (Å²) in [5, 5.41) is 33.3. The minimum Gasteiger partial charge on any atom is -0.394 e. The van der Waals surface area contributed by atoms with E-state index in [4.69, 9.17) is 10.5 Å². The monoisotopic (exact) mass is 347 g/mol. The summed E-state index contributed by atoms with van der Waals surface area (Å²) in [5.74, 6) is 0.813. The average Bonchev–Trinajstić information content (AvgIpc) is 3.27. The number of aryl methyl sites for hydroxylation is 1. The van der Waals surface area contributed by atoms with Crippen LogP contribution in [-0.2, 0) is 11.8 Å². The van der Waals surface area contributed by atoms with Crippen molar-refractivity contribution in [1.82, 2.24) is 29.7 Å². The highest BCUT2D eigenvalue weighted by Gasteiger charge is 2.44. The van der Waals surface area contributed by atoms with Crippen molar-refractivity contribution in [1.29, 1.82) is 0 Å². The van der Waals surface area contributed by atoms with Crippen LogP contribution < -0.4 is 5.73 Å². The number of rotatable bonds is 3. The lowest BCUT2D eigenvalue weighted by Gasteiger charge is -2.11. The van der Waals surface area contributed by atoms with Crippen LogP contribution in [0, 0.1) is 0 Å². The van der Waals surface area contributed by atoms with Crippen LogP contribution in [0.5, 0.6) is 0 Å². The second-order valence-electron chi connectivity index (χ2n) is 5.91. The molecule has 132 valence electrons. The average molecular weight is 347 g/mol. The summed E-state index contributed by atoms with van der Waals surface area (Å²) >= 11 is 0. The summed E-state index contributed by atoms with van der Waals surface area (Å²) in [7, 11) is 1.78. The largest absolute Gasteiger partial charge is 0.394 e. The fraction of sp³-hybridized carbons (Fsp3) is 0.429. The molecule has 1 aliphatic heterocycles. The number of aromatic nitrogens is 6. The number of hydrogen-bond acceptors (Lipinski definition) is 9. The van der Waals surface area contributed by atoms with Gasteiger partial charge < -0.3 is 30.8 Å². The molecule has 0 amide bonds. The van der Waals surface area contributed by atoms with Gasteiger partial charge in [-0.25, -0.2) is 15.0 Å². The summed E-state index contributed by atoms with van der Waals surface area (Å²) in [6.07, 6.45) is -0.895. The Labute approximate surface area is 141 Å². The number of ether oxygens (including phenoxy) is 1. The molecular formula is C14H17N7O4. The highest BCUT2D eigenvalue weighted by atomic mass is 16.6. The van der Waals surface area contributed by atoms with Crippen molar-refractivity contribution >= 4 is 17.0 Å². The second-order valence-corrected chi connectivity index (χ2v) is 5.91. The van der Waals surface area contributed by atoms with Crippen LogP contribution in [0.2, 0.25) is 0 Å². The molecule has 0 aliphatic carbocycles. The molecule has 11 nitrogen and oxygen atoms in total. The number of nitrogens with one attached hydrogen (secondary N) is 1. The Morgan fingerprint density at radius 2 is 2.08 bits per heavy atom. The summed E-state index contributed by atoms with van der Waals surface area (Å²) in [6.45, 7) is -0.415. The van der Waals surface area contributed by atoms with E-state index in [1.165, 1.54) is 0 Å². The normalized spacial score (nSPS) is 26.6. The van der Waals surface area contributed by atoms with Gasteiger partial charge in [-0.3, -0.25) is 4.68 Å². The zero-order valence-electron chi connectivity index (χ0n) is 13.2. The summed E-state index contributed by atoms with van der Waals surface area (Å²) in [5.41, 5.74) is 7.38. The third-order valence-corrected chi connectivity index (χ3v) is 4.17. The van der Waals surface area contributed by atoms with E-state index in [1.54, 1.807) is 24.1 Å². The maximum Gasteiger partial charge on any atom is 0.183 e. The lowest BCUT2D eigenvalue weighted by Crippen LogP contribution is -2.32. The van der Waals surface area contributed by atoms with Crippen LogP contribution in [0.15, 0.2) is 12.4 Å². The smallest absolute Gasteiger partial charge is 0.183 e. The van der Waals surface area contributed by atoms with Crippen LogP contribution >= 0.6 is 0 Å². The lowest BCUT2D eigenvalue weighted by atomic mass is 10.1. The minimum absolute atomic E-state index is 0.189. The molecule has 1 fully saturated rings. The first kappa shape index (κ1) is 15.9. The SMILES string of the molecule is Cn1cc(-c2nc(N)c3[nH]c([C@H]4O[C@H](CO)[C@@H](O)[C@H]4O)nc3n2)cn1. The molecule has 1 aliphatic rings. The molecule has 3 aromatic rings. The van der Waals surface area contributed by atoms with Crippen molar-refractivity contribution in [3.63, 3.8) is 0 Å². The fourth-order valence-electron chi connectivity index (χ4n) is 2.86. The van der Waals surface area contributed by atoms with Gasteiger partial charge in [0.2, 0.25) is 0 Å². The van der Waals surface area contributed by atoms with E-state index >= 15 is 0 Å². The van der Waals surface area contributed by atoms with Crippen molar-refractivity contribution in [3.05, 3.63) is 18.2 Å². The molecule has 0 bridgehead atoms. The van der Waals surface area contributed by atoms with Gasteiger partial charge in [-0.15, -0.1) is 0 Å². The molecule has 1 saturated heterocycles. The van der Waals surface area contributed by atoms with Crippen LogP contribution in [0.4, 0.5) is 5.82 Å². The number of hydrogen-bond donors (Lipinski definition) is 5. The van der Waals surface area contributed by atoms with Crippen molar-refractivity contribution in [3.8, 4) is 11.4 Å². The maximum atomic E-state index is 10.1. The van der Waals surface area contributed by atoms with Crippen molar-refractivity contribution in [2.75, 3.05) is 12.3 Å². The lowest BCUT2D eigenvalue weighted by molar-refractivity contribution is -0.0249. The highest BCUT2D eigenvalue weighted by molar-refractivity contribution is 5.83. The molecule has 0 aromatic carbocycles. The number of nitrogens with two attached hydrogens (primary N) is 1. The summed E-state index contributed by atoms with van der Waals surface area (Å²) in [6, 6.07) is 0. The molecule has 0 saturated carbocycles. The van der Waals surface area contributed by atoms with Gasteiger partial charge in [0.15, 0.2) is 17.3 Å². The van der Waals surface area contributed by atoms with E-state index in [0.717, 1.165) is 0 Å². The Hall–Kier alpha value is -2.60. The molecule has 6 N–H and O–H groups in total. The summed E-state index contributed by atoms with van der Waals surface area (Å²) < 4.78 is 7.08. The minimum atomic E-state index is -1.23. The number of anilines is 1. The molecule has 4 heterocycles. The molecule has 25 heavy (non-hydrogen) atoms. The predicted molar refractivity (Wildman–Crippen MR) is 85.0 cm³/mol. The third kappa shape index (κ3) is 2.53. The number of aliphatic hydroxyl groups excluding tert-OH is 3. The van der Waals surface area contributed by atoms with Crippen molar-refractivity contribution in [2.24, 2.45) is 7.05 Å². The number of aliphatic hydroxyl groups is 3.